The molecule has 26 heavy (non-hydrogen) atoms. The molecule has 0 amide bonds. The van der Waals surface area contributed by atoms with Crippen molar-refractivity contribution in [3.63, 3.8) is 0 Å². The lowest BCUT2D eigenvalue weighted by molar-refractivity contribution is 0.116. The average Bonchev–Trinajstić information content (AvgIpc) is 2.89. The first-order valence-corrected chi connectivity index (χ1v) is 10.6. The van der Waals surface area contributed by atoms with E-state index in [0.29, 0.717) is 18.0 Å². The molecule has 0 aliphatic carbocycles. The van der Waals surface area contributed by atoms with E-state index in [9.17, 15) is 0 Å². The van der Waals surface area contributed by atoms with Gasteiger partial charge in [-0.15, -0.1) is 0 Å². The van der Waals surface area contributed by atoms with Crippen LogP contribution in [-0.2, 0) is 0 Å². The second-order valence-electron chi connectivity index (χ2n) is 8.49. The van der Waals surface area contributed by atoms with Gasteiger partial charge >= 0.3 is 0 Å². The number of hydrogen-bond donors (Lipinski definition) is 2. The molecule has 2 atom stereocenters. The molecule has 0 bridgehead atoms. The Hall–Kier alpha value is -0.850. The van der Waals surface area contributed by atoms with E-state index in [1.54, 1.807) is 0 Å². The summed E-state index contributed by atoms with van der Waals surface area (Å²) in [5.74, 6) is 1.59. The van der Waals surface area contributed by atoms with Gasteiger partial charge < -0.3 is 15.5 Å². The highest BCUT2D eigenvalue weighted by atomic mass is 15.3. The van der Waals surface area contributed by atoms with E-state index in [4.69, 9.17) is 0 Å². The molecule has 0 saturated carbocycles. The van der Waals surface area contributed by atoms with Crippen LogP contribution in [-0.4, -0.2) is 99.7 Å². The Balaban J connectivity index is 1.81. The predicted molar refractivity (Wildman–Crippen MR) is 112 cm³/mol. The van der Waals surface area contributed by atoms with Crippen molar-refractivity contribution in [2.24, 2.45) is 10.9 Å². The van der Waals surface area contributed by atoms with Crippen molar-refractivity contribution in [2.45, 2.75) is 51.6 Å². The number of nitrogens with zero attached hydrogens (tertiary/aromatic N) is 4. The van der Waals surface area contributed by atoms with Gasteiger partial charge in [0, 0.05) is 51.9 Å². The Labute approximate surface area is 161 Å². The minimum Gasteiger partial charge on any atom is -0.355 e. The number of likely N-dealkylation sites (tertiary alicyclic amines) is 1. The maximum atomic E-state index is 4.46. The first-order valence-electron chi connectivity index (χ1n) is 10.6. The van der Waals surface area contributed by atoms with Gasteiger partial charge in [0.1, 0.15) is 0 Å². The van der Waals surface area contributed by atoms with Crippen molar-refractivity contribution in [3.05, 3.63) is 0 Å². The van der Waals surface area contributed by atoms with Gasteiger partial charge in [-0.25, -0.2) is 0 Å². The molecule has 6 nitrogen and oxygen atoms in total. The van der Waals surface area contributed by atoms with Gasteiger partial charge in [0.25, 0.3) is 0 Å². The molecule has 2 rings (SSSR count). The highest BCUT2D eigenvalue weighted by molar-refractivity contribution is 5.79. The fourth-order valence-electron chi connectivity index (χ4n) is 4.17. The molecule has 2 heterocycles. The zero-order valence-electron chi connectivity index (χ0n) is 17.8. The number of rotatable bonds is 6. The minimum atomic E-state index is 0.541. The van der Waals surface area contributed by atoms with E-state index in [2.05, 4.69) is 58.3 Å². The van der Waals surface area contributed by atoms with Gasteiger partial charge in [-0.3, -0.25) is 14.8 Å². The van der Waals surface area contributed by atoms with E-state index in [0.717, 1.165) is 38.7 Å². The maximum absolute atomic E-state index is 4.46. The number of aliphatic imine (C=N–C) groups is 1. The normalized spacial score (nSPS) is 25.9. The number of likely N-dealkylation sites (N-methyl/N-ethyl adjacent to an activating group) is 2. The van der Waals surface area contributed by atoms with Crippen LogP contribution in [0.5, 0.6) is 0 Å². The van der Waals surface area contributed by atoms with Crippen molar-refractivity contribution in [1.29, 1.82) is 0 Å². The molecular formula is C20H42N6. The van der Waals surface area contributed by atoms with Gasteiger partial charge in [0.05, 0.1) is 0 Å². The SMILES string of the molecule is CN=C(NCC1CN(C)CCN1C)NCC(C(C)C)N1CCCCCC1. The molecule has 2 saturated heterocycles. The summed E-state index contributed by atoms with van der Waals surface area (Å²) < 4.78 is 0. The highest BCUT2D eigenvalue weighted by Crippen LogP contribution is 2.17. The van der Waals surface area contributed by atoms with E-state index in [1.807, 2.05) is 7.05 Å². The maximum Gasteiger partial charge on any atom is 0.191 e. The van der Waals surface area contributed by atoms with Gasteiger partial charge in [0.2, 0.25) is 0 Å². The van der Waals surface area contributed by atoms with Crippen molar-refractivity contribution >= 4 is 5.96 Å². The Kier molecular flexibility index (Phi) is 9.16. The van der Waals surface area contributed by atoms with E-state index in [-0.39, 0.29) is 0 Å². The van der Waals surface area contributed by atoms with Crippen molar-refractivity contribution in [2.75, 3.05) is 67.0 Å². The molecule has 0 aromatic rings. The Morgan fingerprint density at radius 3 is 2.31 bits per heavy atom. The molecule has 2 fully saturated rings. The Bertz CT molecular complexity index is 417. The van der Waals surface area contributed by atoms with Crippen molar-refractivity contribution < 1.29 is 0 Å². The third kappa shape index (κ3) is 6.71. The molecule has 0 aromatic heterocycles. The summed E-state index contributed by atoms with van der Waals surface area (Å²) in [5, 5.41) is 7.15. The topological polar surface area (TPSA) is 46.1 Å². The van der Waals surface area contributed by atoms with Crippen LogP contribution in [0.15, 0.2) is 4.99 Å². The highest BCUT2D eigenvalue weighted by Gasteiger charge is 2.24. The van der Waals surface area contributed by atoms with E-state index >= 15 is 0 Å². The van der Waals surface area contributed by atoms with Crippen LogP contribution in [0.3, 0.4) is 0 Å². The summed E-state index contributed by atoms with van der Waals surface area (Å²) in [6, 6.07) is 1.12. The largest absolute Gasteiger partial charge is 0.355 e. The van der Waals surface area contributed by atoms with Crippen LogP contribution in [0.2, 0.25) is 0 Å². The predicted octanol–water partition coefficient (Wildman–Crippen LogP) is 1.30. The molecule has 0 spiro atoms. The molecular weight excluding hydrogens is 324 g/mol. The lowest BCUT2D eigenvalue weighted by Gasteiger charge is -2.38. The van der Waals surface area contributed by atoms with Crippen LogP contribution in [0.4, 0.5) is 0 Å². The van der Waals surface area contributed by atoms with Gasteiger partial charge in [-0.05, 0) is 45.9 Å². The van der Waals surface area contributed by atoms with Crippen LogP contribution in [0.25, 0.3) is 0 Å². The summed E-state index contributed by atoms with van der Waals surface area (Å²) in [6.45, 7) is 12.5. The third-order valence-corrected chi connectivity index (χ3v) is 6.07. The van der Waals surface area contributed by atoms with Gasteiger partial charge in [-0.2, -0.15) is 0 Å². The number of guanidine groups is 1. The molecule has 6 heteroatoms. The lowest BCUT2D eigenvalue weighted by atomic mass is 10.0. The van der Waals surface area contributed by atoms with Crippen molar-refractivity contribution in [1.82, 2.24) is 25.3 Å². The van der Waals surface area contributed by atoms with E-state index in [1.165, 1.54) is 38.8 Å². The smallest absolute Gasteiger partial charge is 0.191 e. The summed E-state index contributed by atoms with van der Waals surface area (Å²) in [5.41, 5.74) is 0. The van der Waals surface area contributed by atoms with E-state index < -0.39 is 0 Å². The second-order valence-corrected chi connectivity index (χ2v) is 8.49. The minimum absolute atomic E-state index is 0.541. The van der Waals surface area contributed by atoms with Crippen LogP contribution < -0.4 is 10.6 Å². The fourth-order valence-corrected chi connectivity index (χ4v) is 4.17. The first-order chi connectivity index (χ1) is 12.5. The average molecular weight is 367 g/mol. The number of nitrogens with one attached hydrogen (secondary N) is 2. The summed E-state index contributed by atoms with van der Waals surface area (Å²) >= 11 is 0. The standard InChI is InChI=1S/C20H42N6/c1-17(2)19(26-10-8-6-7-9-11-26)15-23-20(21-3)22-14-18-16-24(4)12-13-25(18)5/h17-19H,6-16H2,1-5H3,(H2,21,22,23). The molecule has 2 aliphatic rings. The number of hydrogen-bond acceptors (Lipinski definition) is 4. The summed E-state index contributed by atoms with van der Waals surface area (Å²) in [6.07, 6.45) is 5.47. The number of piperazine rings is 1. The monoisotopic (exact) mass is 366 g/mol. The molecule has 2 unspecified atom stereocenters. The van der Waals surface area contributed by atoms with Crippen LogP contribution >= 0.6 is 0 Å². The van der Waals surface area contributed by atoms with Crippen molar-refractivity contribution in [3.8, 4) is 0 Å². The zero-order valence-corrected chi connectivity index (χ0v) is 17.8. The van der Waals surface area contributed by atoms with Crippen LogP contribution in [0.1, 0.15) is 39.5 Å². The van der Waals surface area contributed by atoms with Crippen LogP contribution in [0, 0.1) is 5.92 Å². The zero-order chi connectivity index (χ0) is 18.9. The first kappa shape index (κ1) is 21.5. The Morgan fingerprint density at radius 1 is 1.00 bits per heavy atom. The Morgan fingerprint density at radius 2 is 1.69 bits per heavy atom. The molecule has 152 valence electrons. The molecule has 2 aliphatic heterocycles. The summed E-state index contributed by atoms with van der Waals surface area (Å²) in [7, 11) is 6.31. The lowest BCUT2D eigenvalue weighted by Crippen LogP contribution is -2.56. The third-order valence-electron chi connectivity index (χ3n) is 6.07. The quantitative estimate of drug-likeness (QED) is 0.548. The molecule has 0 radical (unpaired) electrons. The molecule has 0 aromatic carbocycles. The molecule has 2 N–H and O–H groups in total. The second kappa shape index (κ2) is 11.1. The van der Waals surface area contributed by atoms with Gasteiger partial charge in [0.15, 0.2) is 5.96 Å². The van der Waals surface area contributed by atoms with Gasteiger partial charge in [-0.1, -0.05) is 26.7 Å². The fraction of sp³-hybridized carbons (Fsp3) is 0.950. The summed E-state index contributed by atoms with van der Waals surface area (Å²) in [4.78, 5) is 12.0.